The molecule has 0 saturated heterocycles. The minimum absolute atomic E-state index is 0. The van der Waals surface area contributed by atoms with E-state index in [1.165, 1.54) is 0 Å². The first kappa shape index (κ1) is 28.7. The molecule has 180 valence electrons. The summed E-state index contributed by atoms with van der Waals surface area (Å²) >= 11 is 3.64. The van der Waals surface area contributed by atoms with E-state index >= 15 is 0 Å². The normalized spacial score (nSPS) is 12.0. The lowest BCUT2D eigenvalue weighted by Crippen LogP contribution is -2.31. The summed E-state index contributed by atoms with van der Waals surface area (Å²) in [5.74, 6) is 2.95. The van der Waals surface area contributed by atoms with E-state index in [0.717, 1.165) is 59.8 Å². The van der Waals surface area contributed by atoms with Gasteiger partial charge in [0.15, 0.2) is 23.0 Å². The van der Waals surface area contributed by atoms with Crippen LogP contribution in [0.25, 0.3) is 0 Å². The van der Waals surface area contributed by atoms with E-state index in [1.54, 1.807) is 7.11 Å². The quantitative estimate of drug-likeness (QED) is 0.393. The second-order valence-corrected chi connectivity index (χ2v) is 7.93. The Balaban J connectivity index is 0.00000256. The molecule has 0 spiro atoms. The van der Waals surface area contributed by atoms with Crippen LogP contribution >= 0.6 is 40.7 Å². The highest BCUT2D eigenvalue weighted by Crippen LogP contribution is 2.38. The maximum atomic E-state index is 6.08. The molecule has 0 radical (unpaired) electrons. The maximum Gasteiger partial charge on any atom is 0.175 e. The van der Waals surface area contributed by atoms with E-state index in [-0.39, 0.29) is 24.8 Å². The van der Waals surface area contributed by atoms with Gasteiger partial charge in [-0.25, -0.2) is 0 Å². The summed E-state index contributed by atoms with van der Waals surface area (Å²) < 4.78 is 23.8. The highest BCUT2D eigenvalue weighted by molar-refractivity contribution is 9.10. The number of fused-ring (bicyclic) bond motifs is 1. The van der Waals surface area contributed by atoms with Gasteiger partial charge in [-0.15, -0.1) is 24.8 Å². The molecule has 32 heavy (non-hydrogen) atoms. The van der Waals surface area contributed by atoms with Gasteiger partial charge in [0.05, 0.1) is 11.6 Å². The fourth-order valence-electron chi connectivity index (χ4n) is 3.36. The van der Waals surface area contributed by atoms with E-state index in [1.807, 2.05) is 24.3 Å². The summed E-state index contributed by atoms with van der Waals surface area (Å²) in [5, 5.41) is 3.50. The molecule has 0 fully saturated rings. The standard InChI is InChI=1S/C23H31BrN2O4.2ClH/c1-4-26(5-2)9-8-25-15-18-12-19(24)23(22(14-18)27-3)30-16-17-6-7-20-21(13-17)29-11-10-28-20;;/h6-7,12-14,25H,4-5,8-11,15-16H2,1-3H3;2*1H. The van der Waals surface area contributed by atoms with Gasteiger partial charge >= 0.3 is 0 Å². The SMILES string of the molecule is CCN(CC)CCNCc1cc(Br)c(OCc2ccc3c(c2)OCCO3)c(OC)c1.Cl.Cl. The summed E-state index contributed by atoms with van der Waals surface area (Å²) in [6.45, 7) is 10.9. The van der Waals surface area contributed by atoms with Crippen LogP contribution in [0.3, 0.4) is 0 Å². The molecular weight excluding hydrogens is 519 g/mol. The molecule has 6 nitrogen and oxygen atoms in total. The van der Waals surface area contributed by atoms with Gasteiger partial charge in [0.1, 0.15) is 19.8 Å². The van der Waals surface area contributed by atoms with E-state index in [0.29, 0.717) is 31.3 Å². The minimum atomic E-state index is 0. The minimum Gasteiger partial charge on any atom is -0.493 e. The zero-order valence-electron chi connectivity index (χ0n) is 18.8. The second kappa shape index (κ2) is 14.7. The largest absolute Gasteiger partial charge is 0.493 e. The van der Waals surface area contributed by atoms with Gasteiger partial charge in [-0.2, -0.15) is 0 Å². The molecule has 3 rings (SSSR count). The Kier molecular flexibility index (Phi) is 13.2. The first-order valence-corrected chi connectivity index (χ1v) is 11.2. The first-order chi connectivity index (χ1) is 14.6. The number of hydrogen-bond acceptors (Lipinski definition) is 6. The van der Waals surface area contributed by atoms with Crippen molar-refractivity contribution >= 4 is 40.7 Å². The molecule has 0 aliphatic carbocycles. The van der Waals surface area contributed by atoms with Crippen LogP contribution in [0, 0.1) is 0 Å². The molecular formula is C23H33BrCl2N2O4. The van der Waals surface area contributed by atoms with E-state index in [9.17, 15) is 0 Å². The molecule has 1 heterocycles. The third kappa shape index (κ3) is 7.89. The summed E-state index contributed by atoms with van der Waals surface area (Å²) in [6, 6.07) is 9.97. The second-order valence-electron chi connectivity index (χ2n) is 7.08. The first-order valence-electron chi connectivity index (χ1n) is 10.4. The lowest BCUT2D eigenvalue weighted by Gasteiger charge is -2.19. The Labute approximate surface area is 211 Å². The number of ether oxygens (including phenoxy) is 4. The average Bonchev–Trinajstić information content (AvgIpc) is 2.78. The van der Waals surface area contributed by atoms with E-state index in [2.05, 4.69) is 46.1 Å². The number of benzene rings is 2. The maximum absolute atomic E-state index is 6.08. The van der Waals surface area contributed by atoms with Crippen LogP contribution in [0.15, 0.2) is 34.8 Å². The zero-order chi connectivity index (χ0) is 21.3. The van der Waals surface area contributed by atoms with Crippen LogP contribution in [-0.2, 0) is 13.2 Å². The number of rotatable bonds is 11. The molecule has 0 aromatic heterocycles. The topological polar surface area (TPSA) is 52.2 Å². The van der Waals surface area contributed by atoms with Crippen molar-refractivity contribution in [3.63, 3.8) is 0 Å². The van der Waals surface area contributed by atoms with Crippen molar-refractivity contribution in [3.8, 4) is 23.0 Å². The van der Waals surface area contributed by atoms with Crippen molar-refractivity contribution in [2.45, 2.75) is 27.0 Å². The molecule has 0 amide bonds. The molecule has 0 saturated carbocycles. The summed E-state index contributed by atoms with van der Waals surface area (Å²) in [5.41, 5.74) is 2.15. The third-order valence-corrected chi connectivity index (χ3v) is 5.70. The van der Waals surface area contributed by atoms with Crippen molar-refractivity contribution < 1.29 is 18.9 Å². The number of methoxy groups -OCH3 is 1. The zero-order valence-corrected chi connectivity index (χ0v) is 22.0. The van der Waals surface area contributed by atoms with Crippen LogP contribution in [0.4, 0.5) is 0 Å². The summed E-state index contributed by atoms with van der Waals surface area (Å²) in [4.78, 5) is 2.40. The Morgan fingerprint density at radius 1 is 1.00 bits per heavy atom. The van der Waals surface area contributed by atoms with Crippen LogP contribution in [0.2, 0.25) is 0 Å². The molecule has 0 atom stereocenters. The van der Waals surface area contributed by atoms with E-state index in [4.69, 9.17) is 18.9 Å². The molecule has 1 N–H and O–H groups in total. The fraction of sp³-hybridized carbons (Fsp3) is 0.478. The van der Waals surface area contributed by atoms with Crippen LogP contribution in [0.1, 0.15) is 25.0 Å². The highest BCUT2D eigenvalue weighted by atomic mass is 79.9. The van der Waals surface area contributed by atoms with Crippen molar-refractivity contribution in [2.24, 2.45) is 0 Å². The van der Waals surface area contributed by atoms with Gasteiger partial charge in [0.2, 0.25) is 0 Å². The summed E-state index contributed by atoms with van der Waals surface area (Å²) in [7, 11) is 1.66. The Bertz CT molecular complexity index is 838. The predicted octanol–water partition coefficient (Wildman–Crippen LogP) is 5.08. The monoisotopic (exact) mass is 550 g/mol. The molecule has 2 aromatic rings. The smallest absolute Gasteiger partial charge is 0.175 e. The molecule has 2 aromatic carbocycles. The van der Waals surface area contributed by atoms with Crippen molar-refractivity contribution in [1.82, 2.24) is 10.2 Å². The fourth-order valence-corrected chi connectivity index (χ4v) is 3.96. The van der Waals surface area contributed by atoms with E-state index < -0.39 is 0 Å². The number of nitrogens with zero attached hydrogens (tertiary/aromatic N) is 1. The Hall–Kier alpha value is -1.38. The van der Waals surface area contributed by atoms with Gasteiger partial charge in [-0.1, -0.05) is 19.9 Å². The molecule has 1 aliphatic rings. The highest BCUT2D eigenvalue weighted by Gasteiger charge is 2.15. The lowest BCUT2D eigenvalue weighted by molar-refractivity contribution is 0.171. The van der Waals surface area contributed by atoms with Crippen LogP contribution < -0.4 is 24.3 Å². The van der Waals surface area contributed by atoms with Gasteiger partial charge < -0.3 is 29.2 Å². The van der Waals surface area contributed by atoms with Crippen LogP contribution in [-0.4, -0.2) is 51.4 Å². The number of hydrogen-bond donors (Lipinski definition) is 1. The third-order valence-electron chi connectivity index (χ3n) is 5.11. The summed E-state index contributed by atoms with van der Waals surface area (Å²) in [6.07, 6.45) is 0. The van der Waals surface area contributed by atoms with Crippen molar-refractivity contribution in [1.29, 1.82) is 0 Å². The number of likely N-dealkylation sites (N-methyl/N-ethyl adjacent to an activating group) is 1. The number of nitrogens with one attached hydrogen (secondary N) is 1. The Morgan fingerprint density at radius 3 is 2.41 bits per heavy atom. The van der Waals surface area contributed by atoms with Crippen molar-refractivity contribution in [2.75, 3.05) is 46.5 Å². The molecule has 0 unspecified atom stereocenters. The molecule has 9 heteroatoms. The molecule has 0 bridgehead atoms. The lowest BCUT2D eigenvalue weighted by atomic mass is 10.2. The van der Waals surface area contributed by atoms with Gasteiger partial charge in [-0.05, 0) is 64.4 Å². The van der Waals surface area contributed by atoms with Gasteiger partial charge in [0, 0.05) is 19.6 Å². The predicted molar refractivity (Wildman–Crippen MR) is 136 cm³/mol. The van der Waals surface area contributed by atoms with Gasteiger partial charge in [0.25, 0.3) is 0 Å². The molecule has 1 aliphatic heterocycles. The van der Waals surface area contributed by atoms with Crippen molar-refractivity contribution in [3.05, 3.63) is 45.9 Å². The Morgan fingerprint density at radius 2 is 1.72 bits per heavy atom. The van der Waals surface area contributed by atoms with Gasteiger partial charge in [-0.3, -0.25) is 0 Å². The average molecular weight is 552 g/mol. The number of halogens is 3. The van der Waals surface area contributed by atoms with Crippen LogP contribution in [0.5, 0.6) is 23.0 Å².